The van der Waals surface area contributed by atoms with E-state index in [0.29, 0.717) is 12.4 Å². The first-order valence-electron chi connectivity index (χ1n) is 9.94. The number of carbonyl (C=O) groups excluding carboxylic acids is 2. The number of amides is 2. The molecule has 1 aliphatic carbocycles. The molecule has 0 radical (unpaired) electrons. The Morgan fingerprint density at radius 2 is 1.80 bits per heavy atom. The summed E-state index contributed by atoms with van der Waals surface area (Å²) >= 11 is 0. The number of nitrogens with one attached hydrogen (secondary N) is 2. The Balaban J connectivity index is 1.53. The number of hydrogen-bond acceptors (Lipinski definition) is 4. The van der Waals surface area contributed by atoms with Gasteiger partial charge >= 0.3 is 11.8 Å². The predicted molar refractivity (Wildman–Crippen MR) is 116 cm³/mol. The van der Waals surface area contributed by atoms with E-state index < -0.39 is 11.8 Å². The number of aryl methyl sites for hydroxylation is 1. The highest BCUT2D eigenvalue weighted by molar-refractivity contribution is 6.35. The molecule has 1 aliphatic rings. The lowest BCUT2D eigenvalue weighted by Gasteiger charge is -2.12. The largest absolute Gasteiger partial charge is 0.488 e. The highest BCUT2D eigenvalue weighted by Gasteiger charge is 2.26. The molecule has 0 bridgehead atoms. The van der Waals surface area contributed by atoms with Crippen LogP contribution in [0.2, 0.25) is 0 Å². The summed E-state index contributed by atoms with van der Waals surface area (Å²) in [4.78, 5) is 23.7. The van der Waals surface area contributed by atoms with Gasteiger partial charge in [-0.05, 0) is 42.2 Å². The standard InChI is InChI=1S/C24H23N3O3/c1-16-6-8-17(9-7-16)15-30-22-13-10-18-4-2-3-5-20(18)21(22)14-25-27-24(29)23(28)26-19-11-12-19/h2-10,13-14,19H,11-12,15H2,1H3,(H,26,28)(H,27,29)/b25-14-. The SMILES string of the molecule is Cc1ccc(COc2ccc3ccccc3c2/C=N\NC(=O)C(=O)NC2CC2)cc1. The lowest BCUT2D eigenvalue weighted by atomic mass is 10.0. The van der Waals surface area contributed by atoms with Crippen molar-refractivity contribution in [1.82, 2.24) is 10.7 Å². The average molecular weight is 401 g/mol. The van der Waals surface area contributed by atoms with E-state index in [-0.39, 0.29) is 6.04 Å². The molecule has 152 valence electrons. The minimum atomic E-state index is -0.777. The van der Waals surface area contributed by atoms with Crippen molar-refractivity contribution in [3.05, 3.63) is 77.4 Å². The number of hydrogen-bond donors (Lipinski definition) is 2. The van der Waals surface area contributed by atoms with Crippen LogP contribution in [0.5, 0.6) is 5.75 Å². The second-order valence-corrected chi connectivity index (χ2v) is 7.42. The molecule has 2 N–H and O–H groups in total. The molecule has 1 saturated carbocycles. The van der Waals surface area contributed by atoms with Gasteiger partial charge in [0.1, 0.15) is 12.4 Å². The monoisotopic (exact) mass is 401 g/mol. The molecule has 6 nitrogen and oxygen atoms in total. The number of fused-ring (bicyclic) bond motifs is 1. The Kier molecular flexibility index (Phi) is 5.75. The third kappa shape index (κ3) is 4.84. The van der Waals surface area contributed by atoms with Crippen molar-refractivity contribution < 1.29 is 14.3 Å². The van der Waals surface area contributed by atoms with Crippen LogP contribution in [0.3, 0.4) is 0 Å². The summed E-state index contributed by atoms with van der Waals surface area (Å²) in [7, 11) is 0. The number of nitrogens with zero attached hydrogens (tertiary/aromatic N) is 1. The molecule has 1 fully saturated rings. The van der Waals surface area contributed by atoms with Crippen molar-refractivity contribution in [2.24, 2.45) is 5.10 Å². The van der Waals surface area contributed by atoms with Crippen LogP contribution in [0, 0.1) is 6.92 Å². The summed E-state index contributed by atoms with van der Waals surface area (Å²) in [6, 6.07) is 20.0. The van der Waals surface area contributed by atoms with Crippen molar-refractivity contribution in [3.63, 3.8) is 0 Å². The van der Waals surface area contributed by atoms with Crippen LogP contribution in [0.4, 0.5) is 0 Å². The van der Waals surface area contributed by atoms with Crippen molar-refractivity contribution in [1.29, 1.82) is 0 Å². The fraction of sp³-hybridized carbons (Fsp3) is 0.208. The number of benzene rings is 3. The Labute approximate surface area is 174 Å². The highest BCUT2D eigenvalue weighted by Crippen LogP contribution is 2.27. The van der Waals surface area contributed by atoms with E-state index in [9.17, 15) is 9.59 Å². The maximum Gasteiger partial charge on any atom is 0.329 e. The maximum absolute atomic E-state index is 11.9. The topological polar surface area (TPSA) is 79.8 Å². The molecule has 4 rings (SSSR count). The molecule has 30 heavy (non-hydrogen) atoms. The Morgan fingerprint density at radius 1 is 1.03 bits per heavy atom. The van der Waals surface area contributed by atoms with Crippen LogP contribution < -0.4 is 15.5 Å². The third-order valence-electron chi connectivity index (χ3n) is 4.92. The van der Waals surface area contributed by atoms with E-state index in [2.05, 4.69) is 15.8 Å². The minimum Gasteiger partial charge on any atom is -0.488 e. The van der Waals surface area contributed by atoms with Crippen LogP contribution in [0.1, 0.15) is 29.5 Å². The van der Waals surface area contributed by atoms with Gasteiger partial charge in [-0.1, -0.05) is 60.2 Å². The number of carbonyl (C=O) groups is 2. The van der Waals surface area contributed by atoms with Gasteiger partial charge in [0.25, 0.3) is 0 Å². The second kappa shape index (κ2) is 8.78. The first-order valence-corrected chi connectivity index (χ1v) is 9.94. The van der Waals surface area contributed by atoms with Crippen LogP contribution in [0.25, 0.3) is 10.8 Å². The van der Waals surface area contributed by atoms with Crippen molar-refractivity contribution in [3.8, 4) is 5.75 Å². The Morgan fingerprint density at radius 3 is 2.57 bits per heavy atom. The molecule has 0 atom stereocenters. The van der Waals surface area contributed by atoms with Gasteiger partial charge in [0.2, 0.25) is 0 Å². The van der Waals surface area contributed by atoms with Crippen LogP contribution in [0.15, 0.2) is 65.8 Å². The number of hydrazone groups is 1. The second-order valence-electron chi connectivity index (χ2n) is 7.42. The van der Waals surface area contributed by atoms with Gasteiger partial charge in [-0.15, -0.1) is 0 Å². The summed E-state index contributed by atoms with van der Waals surface area (Å²) < 4.78 is 6.05. The lowest BCUT2D eigenvalue weighted by Crippen LogP contribution is -2.38. The lowest BCUT2D eigenvalue weighted by molar-refractivity contribution is -0.139. The van der Waals surface area contributed by atoms with Gasteiger partial charge in [-0.3, -0.25) is 9.59 Å². The Hall–Kier alpha value is -3.67. The molecule has 3 aromatic rings. The van der Waals surface area contributed by atoms with Crippen LogP contribution >= 0.6 is 0 Å². The van der Waals surface area contributed by atoms with Gasteiger partial charge in [0, 0.05) is 11.6 Å². The summed E-state index contributed by atoms with van der Waals surface area (Å²) in [6.45, 7) is 2.46. The van der Waals surface area contributed by atoms with Crippen LogP contribution in [-0.2, 0) is 16.2 Å². The maximum atomic E-state index is 11.9. The van der Waals surface area contributed by atoms with Crippen molar-refractivity contribution in [2.45, 2.75) is 32.4 Å². The predicted octanol–water partition coefficient (Wildman–Crippen LogP) is 3.46. The van der Waals surface area contributed by atoms with E-state index >= 15 is 0 Å². The first kappa shape index (κ1) is 19.6. The van der Waals surface area contributed by atoms with E-state index in [4.69, 9.17) is 4.74 Å². The average Bonchev–Trinajstić information content (AvgIpc) is 3.58. The molecule has 6 heteroatoms. The molecule has 0 unspecified atom stereocenters. The van der Waals surface area contributed by atoms with Gasteiger partial charge in [0.05, 0.1) is 6.21 Å². The summed E-state index contributed by atoms with van der Waals surface area (Å²) in [6.07, 6.45) is 3.36. The molecular formula is C24H23N3O3. The van der Waals surface area contributed by atoms with Gasteiger partial charge < -0.3 is 10.1 Å². The number of rotatable bonds is 6. The molecule has 0 spiro atoms. The molecule has 0 aromatic heterocycles. The first-order chi connectivity index (χ1) is 14.6. The molecule has 0 heterocycles. The molecule has 3 aromatic carbocycles. The third-order valence-corrected chi connectivity index (χ3v) is 4.92. The normalized spacial score (nSPS) is 13.4. The minimum absolute atomic E-state index is 0.118. The molecule has 0 aliphatic heterocycles. The van der Waals surface area contributed by atoms with E-state index in [1.54, 1.807) is 0 Å². The zero-order valence-corrected chi connectivity index (χ0v) is 16.7. The number of ether oxygens (including phenoxy) is 1. The smallest absolute Gasteiger partial charge is 0.329 e. The van der Waals surface area contributed by atoms with E-state index in [1.165, 1.54) is 11.8 Å². The van der Waals surface area contributed by atoms with Crippen molar-refractivity contribution in [2.75, 3.05) is 0 Å². The fourth-order valence-electron chi connectivity index (χ4n) is 3.06. The van der Waals surface area contributed by atoms with Crippen LogP contribution in [-0.4, -0.2) is 24.1 Å². The van der Waals surface area contributed by atoms with Crippen molar-refractivity contribution >= 4 is 28.8 Å². The summed E-state index contributed by atoms with van der Waals surface area (Å²) in [5, 5.41) is 8.61. The van der Waals surface area contributed by atoms with Gasteiger partial charge in [0.15, 0.2) is 0 Å². The molecule has 2 amide bonds. The fourth-order valence-corrected chi connectivity index (χ4v) is 3.06. The molecule has 0 saturated heterocycles. The highest BCUT2D eigenvalue weighted by atomic mass is 16.5. The quantitative estimate of drug-likeness (QED) is 0.377. The summed E-state index contributed by atoms with van der Waals surface area (Å²) in [5.74, 6) is -0.793. The van der Waals surface area contributed by atoms with E-state index in [1.807, 2.05) is 67.6 Å². The van der Waals surface area contributed by atoms with Gasteiger partial charge in [-0.25, -0.2) is 5.43 Å². The Bertz CT molecular complexity index is 1100. The zero-order valence-electron chi connectivity index (χ0n) is 16.7. The molecular weight excluding hydrogens is 378 g/mol. The van der Waals surface area contributed by atoms with E-state index in [0.717, 1.165) is 34.7 Å². The summed E-state index contributed by atoms with van der Waals surface area (Å²) in [5.41, 5.74) is 5.29. The van der Waals surface area contributed by atoms with Gasteiger partial charge in [-0.2, -0.15) is 5.10 Å². The zero-order chi connectivity index (χ0) is 20.9.